The standard InChI is InChI=1S/C37H36N3S2.C20H21B/c1-5-40(6-2)35-27(19-23-33-38(3)31-21-17-25-11-7-9-13-29(25)36(31)41-33)15-16-28(35)20-24-34-39(4)32-22-18-26-12-8-10-14-30(26)37(32)42-34;1-14-12-15(2)20(16(3)13-14)21(4)19-11-7-9-17-8-5-6-10-18(17)19/h7-14,17-24H,5-6,15-16H2,1-4H3;5-13H,1-4H3/q+1;. The number of thioether (sulfide) groups is 1. The van der Waals surface area contributed by atoms with Gasteiger partial charge in [-0.1, -0.05) is 173 Å². The quantitative estimate of drug-likeness (QED) is 0.111. The molecular formula is C57H57BN3S2+. The molecule has 8 aromatic rings. The zero-order valence-electron chi connectivity index (χ0n) is 38.0. The summed E-state index contributed by atoms with van der Waals surface area (Å²) in [5, 5.41) is 10.5. The van der Waals surface area contributed by atoms with E-state index in [1.807, 2.05) is 23.1 Å². The van der Waals surface area contributed by atoms with Crippen molar-refractivity contribution in [1.82, 2.24) is 4.90 Å². The van der Waals surface area contributed by atoms with E-state index in [1.54, 1.807) is 0 Å². The second-order valence-corrected chi connectivity index (χ2v) is 19.2. The molecule has 0 amide bonds. The largest absolute Gasteiger partial charge is 0.372 e. The fourth-order valence-corrected chi connectivity index (χ4v) is 12.4. The van der Waals surface area contributed by atoms with Crippen molar-refractivity contribution >= 4 is 95.0 Å². The van der Waals surface area contributed by atoms with Gasteiger partial charge in [0.2, 0.25) is 12.2 Å². The number of likely N-dealkylation sites (N-methyl/N-ethyl adjacent to an activating group) is 1. The Morgan fingerprint density at radius 3 is 2.03 bits per heavy atom. The van der Waals surface area contributed by atoms with Crippen LogP contribution in [0.25, 0.3) is 48.6 Å². The molecule has 1 aromatic heterocycles. The minimum Gasteiger partial charge on any atom is -0.372 e. The minimum atomic E-state index is 0.414. The van der Waals surface area contributed by atoms with Crippen molar-refractivity contribution in [2.75, 3.05) is 25.0 Å². The van der Waals surface area contributed by atoms with Gasteiger partial charge in [0, 0.05) is 48.3 Å². The highest BCUT2D eigenvalue weighted by Crippen LogP contribution is 2.49. The highest BCUT2D eigenvalue weighted by atomic mass is 32.2. The lowest BCUT2D eigenvalue weighted by Crippen LogP contribution is -2.42. The van der Waals surface area contributed by atoms with Gasteiger partial charge in [0.05, 0.1) is 10.7 Å². The van der Waals surface area contributed by atoms with Crippen molar-refractivity contribution in [2.45, 2.75) is 59.2 Å². The molecule has 1 aliphatic heterocycles. The van der Waals surface area contributed by atoms with Crippen LogP contribution in [0.15, 0.2) is 172 Å². The molecule has 2 heterocycles. The maximum atomic E-state index is 2.53. The Hall–Kier alpha value is -5.82. The van der Waals surface area contributed by atoms with Crippen LogP contribution < -0.4 is 20.4 Å². The van der Waals surface area contributed by atoms with E-state index in [-0.39, 0.29) is 0 Å². The number of aryl methyl sites for hydroxylation is 4. The van der Waals surface area contributed by atoms with Gasteiger partial charge in [0.15, 0.2) is 0 Å². The van der Waals surface area contributed by atoms with Crippen molar-refractivity contribution < 1.29 is 4.57 Å². The Balaban J connectivity index is 0.000000201. The van der Waals surface area contributed by atoms with Crippen LogP contribution >= 0.6 is 23.1 Å². The summed E-state index contributed by atoms with van der Waals surface area (Å²) in [6.07, 6.45) is 11.6. The average molecular weight is 859 g/mol. The van der Waals surface area contributed by atoms with Crippen LogP contribution in [0, 0.1) is 20.8 Å². The number of anilines is 1. The Labute approximate surface area is 382 Å². The van der Waals surface area contributed by atoms with Crippen LogP contribution in [0.4, 0.5) is 5.69 Å². The third kappa shape index (κ3) is 8.16. The summed E-state index contributed by atoms with van der Waals surface area (Å²) in [4.78, 5) is 6.23. The molecule has 0 fully saturated rings. The molecule has 0 spiro atoms. The number of thiazole rings is 1. The molecule has 63 heavy (non-hydrogen) atoms. The maximum absolute atomic E-state index is 2.53. The molecule has 2 aliphatic rings. The van der Waals surface area contributed by atoms with Crippen LogP contribution in [0.3, 0.4) is 0 Å². The molecule has 314 valence electrons. The molecule has 1 aliphatic carbocycles. The average Bonchev–Trinajstić information content (AvgIpc) is 3.97. The smallest absolute Gasteiger partial charge is 0.262 e. The van der Waals surface area contributed by atoms with Crippen molar-refractivity contribution in [2.24, 2.45) is 7.05 Å². The van der Waals surface area contributed by atoms with Crippen molar-refractivity contribution in [3.63, 3.8) is 0 Å². The summed E-state index contributed by atoms with van der Waals surface area (Å²) in [5.41, 5.74) is 13.9. The molecular weight excluding hydrogens is 802 g/mol. The van der Waals surface area contributed by atoms with Gasteiger partial charge in [-0.05, 0) is 110 Å². The molecule has 0 bridgehead atoms. The molecule has 0 N–H and O–H groups in total. The first-order chi connectivity index (χ1) is 30.6. The summed E-state index contributed by atoms with van der Waals surface area (Å²) >= 11 is 3.78. The Bertz CT molecular complexity index is 3140. The Morgan fingerprint density at radius 1 is 0.698 bits per heavy atom. The molecule has 0 radical (unpaired) electrons. The fraction of sp³-hybridized carbons (Fsp3) is 0.211. The van der Waals surface area contributed by atoms with Gasteiger partial charge >= 0.3 is 0 Å². The maximum Gasteiger partial charge on any atom is 0.262 e. The number of aromatic nitrogens is 1. The van der Waals surface area contributed by atoms with E-state index in [2.05, 4.69) is 222 Å². The summed E-state index contributed by atoms with van der Waals surface area (Å²) in [6.45, 7) is 15.9. The van der Waals surface area contributed by atoms with Crippen molar-refractivity contribution in [3.8, 4) is 0 Å². The van der Waals surface area contributed by atoms with E-state index in [1.165, 1.54) is 108 Å². The third-order valence-electron chi connectivity index (χ3n) is 13.2. The van der Waals surface area contributed by atoms with Crippen molar-refractivity contribution in [1.29, 1.82) is 0 Å². The van der Waals surface area contributed by atoms with Crippen LogP contribution in [0.1, 0.15) is 48.4 Å². The highest BCUT2D eigenvalue weighted by molar-refractivity contribution is 8.04. The molecule has 0 saturated heterocycles. The predicted octanol–water partition coefficient (Wildman–Crippen LogP) is 13.4. The Morgan fingerprint density at radius 2 is 1.32 bits per heavy atom. The predicted molar refractivity (Wildman–Crippen MR) is 279 cm³/mol. The molecule has 0 atom stereocenters. The summed E-state index contributed by atoms with van der Waals surface area (Å²) in [7, 11) is 4.38. The van der Waals surface area contributed by atoms with Gasteiger partial charge in [0.1, 0.15) is 11.7 Å². The van der Waals surface area contributed by atoms with Gasteiger partial charge in [-0.25, -0.2) is 0 Å². The number of hydrogen-bond donors (Lipinski definition) is 0. The van der Waals surface area contributed by atoms with Crippen LogP contribution in [0.5, 0.6) is 0 Å². The number of rotatable bonds is 8. The topological polar surface area (TPSA) is 10.4 Å². The highest BCUT2D eigenvalue weighted by Gasteiger charge is 2.26. The lowest BCUT2D eigenvalue weighted by molar-refractivity contribution is -0.642. The zero-order chi connectivity index (χ0) is 43.8. The first-order valence-corrected chi connectivity index (χ1v) is 24.1. The third-order valence-corrected chi connectivity index (χ3v) is 15.7. The first kappa shape index (κ1) is 42.5. The minimum absolute atomic E-state index is 0.414. The SMILES string of the molecule is CB(c1c(C)cc(C)cc1C)c1cccc2ccccc12.CCN(CC)C1=C(/C=C/c2sc3c4ccccc4ccc3[n+]2C)CCC1=C/C=C1\Sc2c(ccc3ccccc23)N1C. The fourth-order valence-electron chi connectivity index (χ4n) is 10.1. The van der Waals surface area contributed by atoms with Crippen molar-refractivity contribution in [3.05, 3.63) is 189 Å². The van der Waals surface area contributed by atoms with E-state index in [0.29, 0.717) is 6.71 Å². The van der Waals surface area contributed by atoms with E-state index >= 15 is 0 Å². The van der Waals surface area contributed by atoms with Crippen LogP contribution in [0.2, 0.25) is 6.82 Å². The number of nitrogens with zero attached hydrogens (tertiary/aromatic N) is 3. The summed E-state index contributed by atoms with van der Waals surface area (Å²) in [6, 6.07) is 46.3. The normalized spacial score (nSPS) is 15.1. The van der Waals surface area contributed by atoms with Gasteiger partial charge in [0.25, 0.3) is 5.01 Å². The number of hydrogen-bond acceptors (Lipinski definition) is 4. The van der Waals surface area contributed by atoms with Gasteiger partial charge in [-0.2, -0.15) is 4.57 Å². The lowest BCUT2D eigenvalue weighted by Gasteiger charge is -2.25. The first-order valence-electron chi connectivity index (χ1n) is 22.5. The summed E-state index contributed by atoms with van der Waals surface area (Å²) in [5.74, 6) is 0. The van der Waals surface area contributed by atoms with Gasteiger partial charge < -0.3 is 9.80 Å². The second kappa shape index (κ2) is 18.1. The molecule has 10 rings (SSSR count). The van der Waals surface area contributed by atoms with Crippen LogP contribution in [-0.2, 0) is 7.05 Å². The van der Waals surface area contributed by atoms with E-state index in [4.69, 9.17) is 0 Å². The van der Waals surface area contributed by atoms with E-state index in [0.717, 1.165) is 25.9 Å². The van der Waals surface area contributed by atoms with E-state index in [9.17, 15) is 0 Å². The second-order valence-electron chi connectivity index (χ2n) is 17.1. The molecule has 3 nitrogen and oxygen atoms in total. The monoisotopic (exact) mass is 858 g/mol. The van der Waals surface area contributed by atoms with E-state index < -0.39 is 0 Å². The van der Waals surface area contributed by atoms with Gasteiger partial charge in [-0.3, -0.25) is 0 Å². The number of fused-ring (bicyclic) bond motifs is 7. The summed E-state index contributed by atoms with van der Waals surface area (Å²) < 4.78 is 3.70. The number of allylic oxidation sites excluding steroid dienone is 5. The lowest BCUT2D eigenvalue weighted by atomic mass is 9.40. The molecule has 0 unspecified atom stereocenters. The molecule has 7 aromatic carbocycles. The number of benzene rings is 7. The zero-order valence-corrected chi connectivity index (χ0v) is 39.6. The Kier molecular flexibility index (Phi) is 12.2. The van der Waals surface area contributed by atoms with Crippen LogP contribution in [-0.4, -0.2) is 31.7 Å². The molecule has 6 heteroatoms. The molecule has 0 saturated carbocycles. The van der Waals surface area contributed by atoms with Gasteiger partial charge in [-0.15, -0.1) is 0 Å².